The Labute approximate surface area is 160 Å². The van der Waals surface area contributed by atoms with Gasteiger partial charge in [0.05, 0.1) is 0 Å². The highest BCUT2D eigenvalue weighted by Crippen LogP contribution is 2.68. The fraction of sp³-hybridized carbons (Fsp3) is 0.958. The van der Waals surface area contributed by atoms with E-state index in [-0.39, 0.29) is 0 Å². The Balaban J connectivity index is 1.52. The zero-order chi connectivity index (χ0) is 18.5. The highest BCUT2D eigenvalue weighted by molar-refractivity contribution is 5.66. The molecule has 1 N–H and O–H groups in total. The third-order valence-corrected chi connectivity index (χ3v) is 10.2. The van der Waals surface area contributed by atoms with Gasteiger partial charge < -0.3 is 5.11 Å². The summed E-state index contributed by atoms with van der Waals surface area (Å²) >= 11 is 0. The van der Waals surface area contributed by atoms with Gasteiger partial charge >= 0.3 is 5.97 Å². The molecule has 4 saturated carbocycles. The lowest BCUT2D eigenvalue weighted by molar-refractivity contribution is -0.137. The van der Waals surface area contributed by atoms with Crippen molar-refractivity contribution >= 4 is 5.97 Å². The van der Waals surface area contributed by atoms with Crippen molar-refractivity contribution in [1.82, 2.24) is 0 Å². The molecule has 0 heterocycles. The molecule has 0 aliphatic heterocycles. The molecule has 0 spiro atoms. The van der Waals surface area contributed by atoms with Crippen LogP contribution in [0.4, 0.5) is 0 Å². The van der Waals surface area contributed by atoms with Gasteiger partial charge in [-0.05, 0) is 104 Å². The first-order valence-corrected chi connectivity index (χ1v) is 11.6. The average Bonchev–Trinajstić information content (AvgIpc) is 2.96. The summed E-state index contributed by atoms with van der Waals surface area (Å²) in [6.45, 7) is 7.60. The molecule has 0 aromatic carbocycles. The second kappa shape index (κ2) is 6.82. The highest BCUT2D eigenvalue weighted by Gasteiger charge is 2.60. The third kappa shape index (κ3) is 2.85. The molecular formula is C24H40O2. The quantitative estimate of drug-likeness (QED) is 0.618. The van der Waals surface area contributed by atoms with Crippen molar-refractivity contribution < 1.29 is 9.90 Å². The van der Waals surface area contributed by atoms with Gasteiger partial charge in [-0.25, -0.2) is 0 Å². The fourth-order valence-electron chi connectivity index (χ4n) is 8.82. The van der Waals surface area contributed by atoms with Crippen molar-refractivity contribution in [2.75, 3.05) is 0 Å². The maximum atomic E-state index is 11.0. The van der Waals surface area contributed by atoms with Crippen LogP contribution in [0.25, 0.3) is 0 Å². The van der Waals surface area contributed by atoms with Crippen molar-refractivity contribution in [2.45, 2.75) is 97.8 Å². The average molecular weight is 361 g/mol. The molecule has 148 valence electrons. The second-order valence-electron chi connectivity index (χ2n) is 11.0. The van der Waals surface area contributed by atoms with E-state index in [9.17, 15) is 4.79 Å². The molecule has 0 radical (unpaired) electrons. The summed E-state index contributed by atoms with van der Waals surface area (Å²) in [6.07, 6.45) is 15.7. The van der Waals surface area contributed by atoms with E-state index in [1.807, 2.05) is 0 Å². The second-order valence-corrected chi connectivity index (χ2v) is 11.0. The van der Waals surface area contributed by atoms with Crippen molar-refractivity contribution in [3.8, 4) is 0 Å². The number of hydrogen-bond acceptors (Lipinski definition) is 1. The maximum Gasteiger partial charge on any atom is 0.303 e. The van der Waals surface area contributed by atoms with Crippen LogP contribution in [0, 0.1) is 46.3 Å². The van der Waals surface area contributed by atoms with E-state index in [1.54, 1.807) is 0 Å². The van der Waals surface area contributed by atoms with Crippen molar-refractivity contribution in [3.63, 3.8) is 0 Å². The molecule has 0 amide bonds. The predicted octanol–water partition coefficient (Wildman–Crippen LogP) is 6.54. The molecule has 0 aromatic rings. The van der Waals surface area contributed by atoms with E-state index in [4.69, 9.17) is 5.11 Å². The lowest BCUT2D eigenvalue weighted by Gasteiger charge is -2.61. The molecule has 0 bridgehead atoms. The zero-order valence-corrected chi connectivity index (χ0v) is 17.3. The first-order valence-electron chi connectivity index (χ1n) is 11.6. The minimum atomic E-state index is -0.621. The molecular weight excluding hydrogens is 320 g/mol. The van der Waals surface area contributed by atoms with Crippen LogP contribution in [0.15, 0.2) is 0 Å². The van der Waals surface area contributed by atoms with E-state index in [2.05, 4.69) is 20.8 Å². The smallest absolute Gasteiger partial charge is 0.303 e. The minimum absolute atomic E-state index is 0.351. The van der Waals surface area contributed by atoms with Gasteiger partial charge in [0.1, 0.15) is 0 Å². The van der Waals surface area contributed by atoms with Gasteiger partial charge in [0.25, 0.3) is 0 Å². The Kier molecular flexibility index (Phi) is 4.93. The number of carbonyl (C=O) groups is 1. The standard InChI is InChI=1S/C24H40O2/c1-16(7-12-22(25)26)19-10-11-20-18-9-8-17-6-4-5-14-23(17,2)21(18)13-15-24(19,20)3/h16-21H,4-15H2,1-3H3,(H,25,26)/t16-,17+,18+,19-,20-,21+,23+,24-/m1/s1. The number of carboxylic acid groups (broad SMARTS) is 1. The molecule has 2 heteroatoms. The summed E-state index contributed by atoms with van der Waals surface area (Å²) in [5.74, 6) is 4.57. The molecule has 0 aromatic heterocycles. The van der Waals surface area contributed by atoms with Gasteiger partial charge in [0, 0.05) is 6.42 Å². The first-order chi connectivity index (χ1) is 12.4. The van der Waals surface area contributed by atoms with E-state index in [0.717, 1.165) is 36.0 Å². The summed E-state index contributed by atoms with van der Waals surface area (Å²) in [6, 6.07) is 0. The van der Waals surface area contributed by atoms with Gasteiger partial charge in [0.2, 0.25) is 0 Å². The number of carboxylic acids is 1. The van der Waals surface area contributed by atoms with Crippen molar-refractivity contribution in [1.29, 1.82) is 0 Å². The minimum Gasteiger partial charge on any atom is -0.481 e. The van der Waals surface area contributed by atoms with Gasteiger partial charge in [-0.2, -0.15) is 0 Å². The first kappa shape index (κ1) is 18.8. The van der Waals surface area contributed by atoms with Gasteiger partial charge in [-0.15, -0.1) is 0 Å². The normalized spacial score (nSPS) is 49.0. The summed E-state index contributed by atoms with van der Waals surface area (Å²) in [5, 5.41) is 9.09. The Morgan fingerprint density at radius 1 is 0.962 bits per heavy atom. The summed E-state index contributed by atoms with van der Waals surface area (Å²) in [5.41, 5.74) is 1.12. The van der Waals surface area contributed by atoms with E-state index < -0.39 is 5.97 Å². The topological polar surface area (TPSA) is 37.3 Å². The van der Waals surface area contributed by atoms with Crippen molar-refractivity contribution in [3.05, 3.63) is 0 Å². The number of aliphatic carboxylic acids is 1. The number of hydrogen-bond donors (Lipinski definition) is 1. The third-order valence-electron chi connectivity index (χ3n) is 10.2. The Hall–Kier alpha value is -0.530. The summed E-state index contributed by atoms with van der Waals surface area (Å²) in [7, 11) is 0. The molecule has 2 nitrogen and oxygen atoms in total. The van der Waals surface area contributed by atoms with Crippen LogP contribution >= 0.6 is 0 Å². The Bertz CT molecular complexity index is 542. The van der Waals surface area contributed by atoms with Gasteiger partial charge in [0.15, 0.2) is 0 Å². The number of fused-ring (bicyclic) bond motifs is 5. The highest BCUT2D eigenvalue weighted by atomic mass is 16.4. The lowest BCUT2D eigenvalue weighted by Crippen LogP contribution is -2.53. The van der Waals surface area contributed by atoms with E-state index >= 15 is 0 Å². The van der Waals surface area contributed by atoms with Crippen LogP contribution in [0.5, 0.6) is 0 Å². The van der Waals surface area contributed by atoms with E-state index in [0.29, 0.717) is 23.2 Å². The van der Waals surface area contributed by atoms with Gasteiger partial charge in [-0.3, -0.25) is 4.79 Å². The van der Waals surface area contributed by atoms with Gasteiger partial charge in [-0.1, -0.05) is 33.6 Å². The Morgan fingerprint density at radius 2 is 1.73 bits per heavy atom. The number of rotatable bonds is 4. The summed E-state index contributed by atoms with van der Waals surface area (Å²) in [4.78, 5) is 11.0. The van der Waals surface area contributed by atoms with Crippen LogP contribution in [-0.2, 0) is 4.79 Å². The molecule has 4 fully saturated rings. The van der Waals surface area contributed by atoms with Crippen LogP contribution in [-0.4, -0.2) is 11.1 Å². The monoisotopic (exact) mass is 360 g/mol. The molecule has 0 saturated heterocycles. The van der Waals surface area contributed by atoms with Crippen molar-refractivity contribution in [2.24, 2.45) is 46.3 Å². The maximum absolute atomic E-state index is 11.0. The Morgan fingerprint density at radius 3 is 2.50 bits per heavy atom. The SMILES string of the molecule is C[C@H](CCC(=O)O)[C@H]1CC[C@@H]2[C@@H]3CC[C@@H]4CCCC[C@]4(C)[C@H]3CC[C@@]21C. The van der Waals surface area contributed by atoms with Crippen LogP contribution < -0.4 is 0 Å². The molecule has 4 aliphatic carbocycles. The van der Waals surface area contributed by atoms with Crippen LogP contribution in [0.1, 0.15) is 97.8 Å². The lowest BCUT2D eigenvalue weighted by atomic mass is 9.44. The molecule has 8 atom stereocenters. The molecule has 0 unspecified atom stereocenters. The zero-order valence-electron chi connectivity index (χ0n) is 17.3. The summed E-state index contributed by atoms with van der Waals surface area (Å²) < 4.78 is 0. The molecule has 26 heavy (non-hydrogen) atoms. The largest absolute Gasteiger partial charge is 0.481 e. The van der Waals surface area contributed by atoms with Crippen LogP contribution in [0.2, 0.25) is 0 Å². The molecule has 4 aliphatic rings. The predicted molar refractivity (Wildman–Crippen MR) is 106 cm³/mol. The van der Waals surface area contributed by atoms with Crippen LogP contribution in [0.3, 0.4) is 0 Å². The van der Waals surface area contributed by atoms with E-state index in [1.165, 1.54) is 64.2 Å². The molecule has 4 rings (SSSR count). The fourth-order valence-corrected chi connectivity index (χ4v) is 8.82.